The molecule has 4 rings (SSSR count). The van der Waals surface area contributed by atoms with Gasteiger partial charge < -0.3 is 20.5 Å². The Kier molecular flexibility index (Phi) is 17.4. The number of alkyl halides is 3. The van der Waals surface area contributed by atoms with E-state index in [2.05, 4.69) is 21.0 Å². The summed E-state index contributed by atoms with van der Waals surface area (Å²) in [6.07, 6.45) is -3.77. The van der Waals surface area contributed by atoms with E-state index in [-0.39, 0.29) is 52.2 Å². The number of nitrogens with zero attached hydrogens (tertiary/aromatic N) is 3. The van der Waals surface area contributed by atoms with Gasteiger partial charge in [0, 0.05) is 50.6 Å². The highest BCUT2D eigenvalue weighted by molar-refractivity contribution is 9.10. The van der Waals surface area contributed by atoms with Gasteiger partial charge >= 0.3 is 18.1 Å². The fraction of sp³-hybridized carbons (Fsp3) is 0.412. The van der Waals surface area contributed by atoms with Crippen molar-refractivity contribution in [2.24, 2.45) is 18.7 Å². The van der Waals surface area contributed by atoms with E-state index >= 15 is 0 Å². The molecule has 2 unspecified atom stereocenters. The third kappa shape index (κ3) is 14.1. The van der Waals surface area contributed by atoms with Crippen molar-refractivity contribution in [2.45, 2.75) is 62.7 Å². The number of nitro benzene ring substituents is 1. The molecule has 2 aromatic carbocycles. The van der Waals surface area contributed by atoms with Gasteiger partial charge in [0.1, 0.15) is 23.5 Å². The summed E-state index contributed by atoms with van der Waals surface area (Å²) in [5.41, 5.74) is 2.07. The van der Waals surface area contributed by atoms with Gasteiger partial charge in [0.15, 0.2) is 40.2 Å². The third-order valence-corrected chi connectivity index (χ3v) is 11.2. The number of carboxylic acids is 1. The van der Waals surface area contributed by atoms with Crippen LogP contribution < -0.4 is 5.73 Å². The zero-order chi connectivity index (χ0) is 45.5. The minimum absolute atomic E-state index is 0.0412. The maximum absolute atomic E-state index is 14.3. The number of ketones is 3. The summed E-state index contributed by atoms with van der Waals surface area (Å²) in [5.74, 6) is -6.49. The van der Waals surface area contributed by atoms with Crippen molar-refractivity contribution in [3.8, 4) is 11.3 Å². The van der Waals surface area contributed by atoms with Gasteiger partial charge in [-0.3, -0.25) is 38.5 Å². The van der Waals surface area contributed by atoms with E-state index in [1.54, 1.807) is 13.8 Å². The minimum atomic E-state index is -4.69. The van der Waals surface area contributed by atoms with Crippen molar-refractivity contribution >= 4 is 79.7 Å². The zero-order valence-corrected chi connectivity index (χ0v) is 35.6. The zero-order valence-electron chi connectivity index (χ0n) is 31.6. The predicted octanol–water partition coefficient (Wildman–Crippen LogP) is 6.03. The Labute approximate surface area is 346 Å². The third-order valence-electron chi connectivity index (χ3n) is 7.92. The lowest BCUT2D eigenvalue weighted by atomic mass is 9.81. The lowest BCUT2D eigenvalue weighted by molar-refractivity contribution is -0.385. The number of ether oxygens (including phenoxy) is 1. The van der Waals surface area contributed by atoms with Crippen LogP contribution in [0.2, 0.25) is 5.02 Å². The molecular weight excluding hydrogens is 927 g/mol. The van der Waals surface area contributed by atoms with Crippen molar-refractivity contribution in [1.29, 1.82) is 0 Å². The van der Waals surface area contributed by atoms with E-state index in [9.17, 15) is 64.6 Å². The molecule has 1 saturated carbocycles. The number of sulfone groups is 1. The number of aryl methyl sites for hydroxylation is 1. The number of nitro groups is 1. The van der Waals surface area contributed by atoms with E-state index in [1.807, 2.05) is 0 Å². The van der Waals surface area contributed by atoms with Crippen molar-refractivity contribution in [3.05, 3.63) is 72.6 Å². The molecule has 0 spiro atoms. The summed E-state index contributed by atoms with van der Waals surface area (Å²) in [6.45, 7) is 4.41. The van der Waals surface area contributed by atoms with Crippen LogP contribution in [-0.4, -0.2) is 93.6 Å². The number of esters is 1. The topological polar surface area (TPSA) is 273 Å². The average molecular weight is 964 g/mol. The smallest absolute Gasteiger partial charge is 0.434 e. The van der Waals surface area contributed by atoms with Gasteiger partial charge in [-0.05, 0) is 66.9 Å². The maximum atomic E-state index is 14.3. The van der Waals surface area contributed by atoms with Crippen LogP contribution in [0, 0.1) is 21.8 Å². The summed E-state index contributed by atoms with van der Waals surface area (Å²) in [6, 6.07) is 3.62. The molecule has 59 heavy (non-hydrogen) atoms. The van der Waals surface area contributed by atoms with Gasteiger partial charge in [-0.1, -0.05) is 11.6 Å². The molecule has 0 bridgehead atoms. The summed E-state index contributed by atoms with van der Waals surface area (Å²) in [4.78, 5) is 76.9. The monoisotopic (exact) mass is 962 g/mol. The van der Waals surface area contributed by atoms with E-state index in [4.69, 9.17) is 32.1 Å². The van der Waals surface area contributed by atoms with Gasteiger partial charge in [0.2, 0.25) is 0 Å². The first-order valence-corrected chi connectivity index (χ1v) is 22.1. The Morgan fingerprint density at radius 3 is 2.15 bits per heavy atom. The second kappa shape index (κ2) is 20.2. The number of hydrogen-bond acceptors (Lipinski definition) is 13. The second-order valence-electron chi connectivity index (χ2n) is 13.2. The van der Waals surface area contributed by atoms with Crippen LogP contribution in [0.3, 0.4) is 0 Å². The number of Topliss-reactive ketones (excluding diaryl/α,β-unsaturated/α-hetero) is 3. The summed E-state index contributed by atoms with van der Waals surface area (Å²) < 4.78 is 92.2. The Bertz CT molecular complexity index is 2300. The van der Waals surface area contributed by atoms with Crippen molar-refractivity contribution in [3.63, 3.8) is 0 Å². The van der Waals surface area contributed by atoms with Gasteiger partial charge in [0.05, 0.1) is 36.5 Å². The number of halogens is 6. The predicted molar refractivity (Wildman–Crippen MR) is 206 cm³/mol. The number of nitrogens with two attached hydrogens (primary N) is 1. The Morgan fingerprint density at radius 2 is 1.71 bits per heavy atom. The molecule has 1 aliphatic carbocycles. The fourth-order valence-corrected chi connectivity index (χ4v) is 7.50. The highest BCUT2D eigenvalue weighted by Gasteiger charge is 2.40. The number of benzene rings is 2. The molecule has 0 saturated heterocycles. The summed E-state index contributed by atoms with van der Waals surface area (Å²) in [7, 11) is -5.72. The highest BCUT2D eigenvalue weighted by atomic mass is 79.9. The highest BCUT2D eigenvalue weighted by Crippen LogP contribution is 2.41. The Hall–Kier alpha value is -4.41. The van der Waals surface area contributed by atoms with Gasteiger partial charge in [-0.15, -0.1) is 0 Å². The first-order valence-electron chi connectivity index (χ1n) is 16.7. The maximum Gasteiger partial charge on any atom is 0.434 e. The van der Waals surface area contributed by atoms with Crippen molar-refractivity contribution in [2.75, 3.05) is 19.1 Å². The number of carbonyl (C=O) groups excluding carboxylic acids is 4. The largest absolute Gasteiger partial charge is 0.480 e. The second-order valence-corrected chi connectivity index (χ2v) is 19.0. The molecule has 1 aliphatic rings. The molecule has 0 radical (unpaired) electrons. The van der Waals surface area contributed by atoms with Crippen LogP contribution in [0.15, 0.2) is 39.7 Å². The number of hydrogen-bond donors (Lipinski definition) is 3. The number of aromatic nitrogens is 2. The van der Waals surface area contributed by atoms with E-state index in [0.717, 1.165) is 43.6 Å². The molecule has 1 aromatic heterocycles. The number of carbonyl (C=O) groups is 5. The first kappa shape index (κ1) is 50.7. The SMILES string of the molecule is CC(C)OC(=O)c1cc(-c2nn(C)c(C(F)(F)F)c2Br)c(F)cc1Cl.CP(=O)(O)CCC(N)C(=O)O.CS(=O)(=O)c1ccc(C(=O)C2C(=O)CCCC2=O)c([N+](=O)[O-])c1. The lowest BCUT2D eigenvalue weighted by Gasteiger charge is -2.18. The Morgan fingerprint density at radius 1 is 1.15 bits per heavy atom. The van der Waals surface area contributed by atoms with Crippen LogP contribution in [0.5, 0.6) is 0 Å². The van der Waals surface area contributed by atoms with Crippen LogP contribution >= 0.6 is 34.9 Å². The molecule has 0 amide bonds. The van der Waals surface area contributed by atoms with Gasteiger partial charge in [-0.2, -0.15) is 18.3 Å². The standard InChI is InChI=1S/C15H12BrClF4N2O2.C14H13NO7S.C5H12NO4P/c1-6(2)25-14(24)7-4-8(10(18)5-9(7)17)12-11(16)13(15(19,20)21)23(3)22-12;1-23(21,22)8-5-6-9(10(7-8)15(19)20)14(18)13-11(16)3-2-4-12(13)17;1-11(9,10)3-2-4(6)5(7)8/h4-6H,1-3H3;5-7,13H,2-4H2,1H3;4H,2-3,6H2,1H3,(H,7,8)(H,9,10). The number of carboxylic acid groups (broad SMARTS) is 1. The van der Waals surface area contributed by atoms with Gasteiger partial charge in [-0.25, -0.2) is 17.6 Å². The van der Waals surface area contributed by atoms with Crippen molar-refractivity contribution in [1.82, 2.24) is 9.78 Å². The fourth-order valence-electron chi connectivity index (χ4n) is 5.10. The van der Waals surface area contributed by atoms with E-state index < -0.39 is 103 Å². The lowest BCUT2D eigenvalue weighted by Crippen LogP contribution is -2.35. The van der Waals surface area contributed by atoms with Gasteiger partial charge in [0.25, 0.3) is 5.69 Å². The summed E-state index contributed by atoms with van der Waals surface area (Å²) >= 11 is 8.67. The normalized spacial score (nSPS) is 14.9. The summed E-state index contributed by atoms with van der Waals surface area (Å²) in [5, 5.41) is 22.9. The van der Waals surface area contributed by atoms with E-state index in [0.29, 0.717) is 11.1 Å². The quantitative estimate of drug-likeness (QED) is 0.0376. The molecule has 0 aliphatic heterocycles. The van der Waals surface area contributed by atoms with Crippen molar-refractivity contribution < 1.29 is 74.2 Å². The average Bonchev–Trinajstić information content (AvgIpc) is 3.39. The molecule has 4 N–H and O–H groups in total. The Balaban J connectivity index is 0.000000328. The first-order chi connectivity index (χ1) is 26.9. The molecule has 17 nitrogen and oxygen atoms in total. The molecule has 3 aromatic rings. The van der Waals surface area contributed by atoms with Crippen LogP contribution in [0.1, 0.15) is 65.9 Å². The molecular formula is C34H37BrClF4N4O13PS. The molecule has 1 fully saturated rings. The molecule has 324 valence electrons. The minimum Gasteiger partial charge on any atom is -0.480 e. The number of rotatable bonds is 11. The molecule has 1 heterocycles. The van der Waals surface area contributed by atoms with Crippen LogP contribution in [0.25, 0.3) is 11.3 Å². The molecule has 25 heteroatoms. The number of aliphatic carboxylic acids is 1. The molecule has 2 atom stereocenters. The van der Waals surface area contributed by atoms with Crippen LogP contribution in [0.4, 0.5) is 23.2 Å². The van der Waals surface area contributed by atoms with E-state index in [1.165, 1.54) is 6.66 Å². The van der Waals surface area contributed by atoms with Crippen LogP contribution in [-0.2, 0) is 46.7 Å².